The molecule has 3 amide bonds. The number of unbranched alkanes of at least 4 members (excludes halogenated alkanes) is 1. The zero-order chi connectivity index (χ0) is 20.5. The fourth-order valence-electron chi connectivity index (χ4n) is 4.48. The van der Waals surface area contributed by atoms with Crippen molar-refractivity contribution in [3.05, 3.63) is 41.6 Å². The summed E-state index contributed by atoms with van der Waals surface area (Å²) in [5, 5.41) is 17.5. The number of nitrogens with zero attached hydrogens (tertiary/aromatic N) is 2. The first-order chi connectivity index (χ1) is 14.7. The lowest BCUT2D eigenvalue weighted by Gasteiger charge is -2.16. The van der Waals surface area contributed by atoms with E-state index in [4.69, 9.17) is 5.10 Å². The van der Waals surface area contributed by atoms with E-state index < -0.39 is 0 Å². The summed E-state index contributed by atoms with van der Waals surface area (Å²) in [6.45, 7) is 1.45. The van der Waals surface area contributed by atoms with Gasteiger partial charge in [0.25, 0.3) is 0 Å². The maximum absolute atomic E-state index is 12.7. The Labute approximate surface area is 179 Å². The van der Waals surface area contributed by atoms with Gasteiger partial charge in [0.05, 0.1) is 23.5 Å². The molecule has 0 spiro atoms. The Morgan fingerprint density at radius 3 is 2.93 bits per heavy atom. The van der Waals surface area contributed by atoms with E-state index in [-0.39, 0.29) is 24.0 Å². The van der Waals surface area contributed by atoms with Crippen LogP contribution in [-0.2, 0) is 17.9 Å². The molecule has 9 heteroatoms. The minimum absolute atomic E-state index is 0.0227. The lowest BCUT2D eigenvalue weighted by atomic mass is 10.0. The number of carbonyl (C=O) groups is 2. The van der Waals surface area contributed by atoms with Crippen LogP contribution in [0.4, 0.5) is 10.6 Å². The van der Waals surface area contributed by atoms with Crippen molar-refractivity contribution in [2.75, 3.05) is 11.1 Å². The number of anilines is 1. The second-order valence-corrected chi connectivity index (χ2v) is 9.31. The number of benzene rings is 1. The van der Waals surface area contributed by atoms with Crippen molar-refractivity contribution < 1.29 is 9.59 Å². The molecule has 8 nitrogen and oxygen atoms in total. The molecule has 2 saturated heterocycles. The predicted molar refractivity (Wildman–Crippen MR) is 117 cm³/mol. The van der Waals surface area contributed by atoms with Crippen molar-refractivity contribution in [1.82, 2.24) is 25.7 Å². The SMILES string of the molecule is O=C(CCCC[C@@H]1SC[C@@H]2NC(=O)N[C@@H]21)Nc1c2c(nn1-c1ccccc1)CNC2. The second-order valence-electron chi connectivity index (χ2n) is 8.04. The molecule has 30 heavy (non-hydrogen) atoms. The molecule has 4 N–H and O–H groups in total. The highest BCUT2D eigenvalue weighted by molar-refractivity contribution is 8.00. The van der Waals surface area contributed by atoms with Crippen molar-refractivity contribution >= 4 is 29.5 Å². The van der Waals surface area contributed by atoms with Crippen LogP contribution in [0.2, 0.25) is 0 Å². The molecule has 3 aliphatic heterocycles. The van der Waals surface area contributed by atoms with Crippen LogP contribution in [0, 0.1) is 0 Å². The normalized spacial score (nSPS) is 24.3. The number of hydrogen-bond donors (Lipinski definition) is 4. The Kier molecular flexibility index (Phi) is 5.39. The van der Waals surface area contributed by atoms with E-state index >= 15 is 0 Å². The van der Waals surface area contributed by atoms with Gasteiger partial charge in [-0.3, -0.25) is 4.79 Å². The third kappa shape index (κ3) is 3.79. The molecule has 0 bridgehead atoms. The molecule has 2 fully saturated rings. The maximum Gasteiger partial charge on any atom is 0.315 e. The Morgan fingerprint density at radius 1 is 1.20 bits per heavy atom. The number of urea groups is 1. The molecule has 3 atom stereocenters. The Balaban J connectivity index is 1.16. The van der Waals surface area contributed by atoms with Crippen LogP contribution in [0.1, 0.15) is 36.9 Å². The largest absolute Gasteiger partial charge is 0.332 e. The minimum Gasteiger partial charge on any atom is -0.332 e. The van der Waals surface area contributed by atoms with E-state index in [0.29, 0.717) is 11.7 Å². The van der Waals surface area contributed by atoms with Gasteiger partial charge in [0.2, 0.25) is 5.91 Å². The van der Waals surface area contributed by atoms with E-state index in [1.807, 2.05) is 46.8 Å². The van der Waals surface area contributed by atoms with Crippen molar-refractivity contribution in [1.29, 1.82) is 0 Å². The van der Waals surface area contributed by atoms with Crippen LogP contribution in [0.25, 0.3) is 5.69 Å². The number of para-hydroxylation sites is 1. The molecule has 3 aliphatic rings. The second kappa shape index (κ2) is 8.31. The van der Waals surface area contributed by atoms with E-state index in [2.05, 4.69) is 21.3 Å². The van der Waals surface area contributed by atoms with Gasteiger partial charge < -0.3 is 21.3 Å². The first-order valence-electron chi connectivity index (χ1n) is 10.5. The number of aromatic nitrogens is 2. The number of nitrogens with one attached hydrogen (secondary N) is 4. The van der Waals surface area contributed by atoms with Gasteiger partial charge in [0.1, 0.15) is 5.82 Å². The van der Waals surface area contributed by atoms with Gasteiger partial charge in [-0.05, 0) is 25.0 Å². The standard InChI is InChI=1S/C21H26N6O2S/c28-18(9-5-4-8-17-19-16(12-30-17)23-21(29)25-19)24-20-14-10-22-11-15(14)26-27(20)13-6-2-1-3-7-13/h1-3,6-7,16-17,19,22H,4-5,8-12H2,(H,24,28)(H2,23,25,29)/t16-,17-,19-/m0/s1. The van der Waals surface area contributed by atoms with Crippen LogP contribution in [0.5, 0.6) is 0 Å². The maximum atomic E-state index is 12.7. The smallest absolute Gasteiger partial charge is 0.315 e. The van der Waals surface area contributed by atoms with Crippen molar-refractivity contribution in [2.45, 2.75) is 56.1 Å². The summed E-state index contributed by atoms with van der Waals surface area (Å²) in [4.78, 5) is 24.2. The van der Waals surface area contributed by atoms with E-state index in [1.54, 1.807) is 0 Å². The average Bonchev–Trinajstić information content (AvgIpc) is 3.49. The predicted octanol–water partition coefficient (Wildman–Crippen LogP) is 2.14. The van der Waals surface area contributed by atoms with Crippen LogP contribution < -0.4 is 21.3 Å². The Hall–Kier alpha value is -2.52. The average molecular weight is 427 g/mol. The highest BCUT2D eigenvalue weighted by Crippen LogP contribution is 2.33. The molecule has 158 valence electrons. The number of hydrogen-bond acceptors (Lipinski definition) is 5. The number of carbonyl (C=O) groups excluding carboxylic acids is 2. The van der Waals surface area contributed by atoms with Crippen LogP contribution in [0.15, 0.2) is 30.3 Å². The van der Waals surface area contributed by atoms with Gasteiger partial charge in [-0.25, -0.2) is 9.48 Å². The van der Waals surface area contributed by atoms with Gasteiger partial charge in [-0.2, -0.15) is 16.9 Å². The number of fused-ring (bicyclic) bond motifs is 2. The fourth-order valence-corrected chi connectivity index (χ4v) is 6.03. The molecule has 2 aromatic rings. The molecular weight excluding hydrogens is 400 g/mol. The molecule has 0 saturated carbocycles. The summed E-state index contributed by atoms with van der Waals surface area (Å²) >= 11 is 1.92. The summed E-state index contributed by atoms with van der Waals surface area (Å²) in [5.41, 5.74) is 3.02. The molecule has 0 radical (unpaired) electrons. The molecule has 4 heterocycles. The first-order valence-corrected chi connectivity index (χ1v) is 11.6. The zero-order valence-corrected chi connectivity index (χ0v) is 17.5. The van der Waals surface area contributed by atoms with Gasteiger partial charge >= 0.3 is 6.03 Å². The van der Waals surface area contributed by atoms with Crippen LogP contribution in [0.3, 0.4) is 0 Å². The zero-order valence-electron chi connectivity index (χ0n) is 16.7. The lowest BCUT2D eigenvalue weighted by molar-refractivity contribution is -0.116. The summed E-state index contributed by atoms with van der Waals surface area (Å²) < 4.78 is 1.84. The van der Waals surface area contributed by atoms with Gasteiger partial charge in [0.15, 0.2) is 0 Å². The molecule has 1 aromatic heterocycles. The van der Waals surface area contributed by atoms with E-state index in [1.165, 1.54) is 0 Å². The number of amides is 3. The highest BCUT2D eigenvalue weighted by Gasteiger charge is 2.42. The summed E-state index contributed by atoms with van der Waals surface area (Å²) in [7, 11) is 0. The van der Waals surface area contributed by atoms with E-state index in [9.17, 15) is 9.59 Å². The van der Waals surface area contributed by atoms with Crippen LogP contribution in [-0.4, -0.2) is 44.8 Å². The molecular formula is C21H26N6O2S. The van der Waals surface area contributed by atoms with Crippen molar-refractivity contribution in [3.8, 4) is 5.69 Å². The molecule has 0 unspecified atom stereocenters. The Morgan fingerprint density at radius 2 is 2.07 bits per heavy atom. The molecule has 1 aromatic carbocycles. The summed E-state index contributed by atoms with van der Waals surface area (Å²) in [6, 6.07) is 10.3. The minimum atomic E-state index is -0.0493. The quantitative estimate of drug-likeness (QED) is 0.402. The van der Waals surface area contributed by atoms with Crippen molar-refractivity contribution in [3.63, 3.8) is 0 Å². The van der Waals surface area contributed by atoms with Gasteiger partial charge in [-0.1, -0.05) is 24.6 Å². The monoisotopic (exact) mass is 426 g/mol. The lowest BCUT2D eigenvalue weighted by Crippen LogP contribution is -2.36. The third-order valence-electron chi connectivity index (χ3n) is 6.00. The summed E-state index contributed by atoms with van der Waals surface area (Å²) in [5.74, 6) is 1.77. The number of thioether (sulfide) groups is 1. The van der Waals surface area contributed by atoms with Crippen LogP contribution >= 0.6 is 11.8 Å². The highest BCUT2D eigenvalue weighted by atomic mass is 32.2. The van der Waals surface area contributed by atoms with Gasteiger partial charge in [-0.15, -0.1) is 0 Å². The number of rotatable bonds is 7. The topological polar surface area (TPSA) is 100 Å². The Bertz CT molecular complexity index is 946. The van der Waals surface area contributed by atoms with E-state index in [0.717, 1.165) is 60.9 Å². The molecule has 0 aliphatic carbocycles. The summed E-state index contributed by atoms with van der Waals surface area (Å²) in [6.07, 6.45) is 3.31. The first kappa shape index (κ1) is 19.4. The molecule has 5 rings (SSSR count). The van der Waals surface area contributed by atoms with Gasteiger partial charge in [0, 0.05) is 36.1 Å². The van der Waals surface area contributed by atoms with Crippen molar-refractivity contribution in [2.24, 2.45) is 0 Å². The third-order valence-corrected chi connectivity index (χ3v) is 7.51. The fraction of sp³-hybridized carbons (Fsp3) is 0.476.